The van der Waals surface area contributed by atoms with E-state index in [4.69, 9.17) is 4.74 Å². The Hall–Kier alpha value is -7.42. The summed E-state index contributed by atoms with van der Waals surface area (Å²) in [5.74, 6) is 1.74. The zero-order valence-electron chi connectivity index (χ0n) is 33.1. The van der Waals surface area contributed by atoms with Crippen molar-refractivity contribution in [2.24, 2.45) is 0 Å². The monoisotopic (exact) mass is 755 g/mol. The Morgan fingerprint density at radius 3 is 1.31 bits per heavy atom. The molecule has 2 aliphatic heterocycles. The maximum absolute atomic E-state index is 6.83. The SMILES string of the molecule is Cc1ccccc1-c1ccc2c(c1)C1(c3ccccc3Oc3ccccc31)c1cc(-c3ccccc3C)ccc1N2c1ccc(-c2ccccc2)cc1-c1ccccc1. The summed E-state index contributed by atoms with van der Waals surface area (Å²) >= 11 is 0. The van der Waals surface area contributed by atoms with Gasteiger partial charge in [0.2, 0.25) is 0 Å². The van der Waals surface area contributed by atoms with Crippen molar-refractivity contribution in [2.45, 2.75) is 19.3 Å². The Morgan fingerprint density at radius 1 is 0.322 bits per heavy atom. The summed E-state index contributed by atoms with van der Waals surface area (Å²) in [6.45, 7) is 4.42. The Balaban J connectivity index is 1.29. The van der Waals surface area contributed by atoms with Gasteiger partial charge in [0, 0.05) is 16.7 Å². The topological polar surface area (TPSA) is 12.5 Å². The highest BCUT2D eigenvalue weighted by Gasteiger charge is 2.51. The number of ether oxygens (including phenoxy) is 1. The lowest BCUT2D eigenvalue weighted by Crippen LogP contribution is -2.40. The Labute approximate surface area is 346 Å². The molecule has 0 N–H and O–H groups in total. The summed E-state index contributed by atoms with van der Waals surface area (Å²) in [5.41, 5.74) is 19.4. The van der Waals surface area contributed by atoms with Gasteiger partial charge in [-0.1, -0.05) is 164 Å². The fourth-order valence-corrected chi connectivity index (χ4v) is 9.69. The van der Waals surface area contributed by atoms with Gasteiger partial charge in [0.15, 0.2) is 0 Å². The van der Waals surface area contributed by atoms with E-state index in [9.17, 15) is 0 Å². The van der Waals surface area contributed by atoms with Gasteiger partial charge < -0.3 is 9.64 Å². The molecule has 2 heteroatoms. The average Bonchev–Trinajstić information content (AvgIpc) is 3.29. The van der Waals surface area contributed by atoms with E-state index >= 15 is 0 Å². The molecule has 0 amide bonds. The van der Waals surface area contributed by atoms with Crippen molar-refractivity contribution >= 4 is 17.1 Å². The van der Waals surface area contributed by atoms with Crippen LogP contribution in [0.3, 0.4) is 0 Å². The zero-order valence-corrected chi connectivity index (χ0v) is 33.1. The second-order valence-electron chi connectivity index (χ2n) is 15.7. The first-order valence-corrected chi connectivity index (χ1v) is 20.4. The highest BCUT2D eigenvalue weighted by atomic mass is 16.5. The van der Waals surface area contributed by atoms with Crippen LogP contribution < -0.4 is 9.64 Å². The molecule has 0 saturated carbocycles. The van der Waals surface area contributed by atoms with E-state index in [-0.39, 0.29) is 0 Å². The van der Waals surface area contributed by atoms with Crippen LogP contribution in [0.15, 0.2) is 212 Å². The summed E-state index contributed by atoms with van der Waals surface area (Å²) in [7, 11) is 0. The third-order valence-electron chi connectivity index (χ3n) is 12.4. The summed E-state index contributed by atoms with van der Waals surface area (Å²) < 4.78 is 6.83. The molecule has 0 radical (unpaired) electrons. The smallest absolute Gasteiger partial charge is 0.132 e. The molecule has 2 aliphatic rings. The van der Waals surface area contributed by atoms with Crippen molar-refractivity contribution in [3.05, 3.63) is 246 Å². The van der Waals surface area contributed by atoms with Crippen molar-refractivity contribution in [3.8, 4) is 56.0 Å². The number of benzene rings is 9. The molecule has 0 fully saturated rings. The highest BCUT2D eigenvalue weighted by molar-refractivity contribution is 5.98. The number of para-hydroxylation sites is 2. The fourth-order valence-electron chi connectivity index (χ4n) is 9.69. The maximum Gasteiger partial charge on any atom is 0.132 e. The molecule has 2 nitrogen and oxygen atoms in total. The molecule has 0 atom stereocenters. The molecule has 0 bridgehead atoms. The second kappa shape index (κ2) is 13.9. The van der Waals surface area contributed by atoms with Crippen LogP contribution in [0.5, 0.6) is 11.5 Å². The van der Waals surface area contributed by atoms with Gasteiger partial charge >= 0.3 is 0 Å². The van der Waals surface area contributed by atoms with E-state index in [1.165, 1.54) is 66.8 Å². The largest absolute Gasteiger partial charge is 0.457 e. The van der Waals surface area contributed by atoms with Crippen LogP contribution in [0, 0.1) is 13.8 Å². The van der Waals surface area contributed by atoms with E-state index in [0.29, 0.717) is 0 Å². The lowest BCUT2D eigenvalue weighted by atomic mass is 9.60. The highest BCUT2D eigenvalue weighted by Crippen LogP contribution is 2.64. The van der Waals surface area contributed by atoms with Crippen molar-refractivity contribution in [1.29, 1.82) is 0 Å². The molecule has 280 valence electrons. The van der Waals surface area contributed by atoms with Crippen LogP contribution in [0.2, 0.25) is 0 Å². The number of aryl methyl sites for hydroxylation is 2. The van der Waals surface area contributed by atoms with Crippen LogP contribution in [0.25, 0.3) is 44.5 Å². The molecule has 0 aromatic heterocycles. The number of anilines is 3. The maximum atomic E-state index is 6.83. The van der Waals surface area contributed by atoms with Gasteiger partial charge in [-0.25, -0.2) is 0 Å². The van der Waals surface area contributed by atoms with Gasteiger partial charge in [-0.05, 0) is 124 Å². The molecule has 0 unspecified atom stereocenters. The Kier molecular flexibility index (Phi) is 8.20. The first kappa shape index (κ1) is 34.8. The standard InChI is InChI=1S/C57H41NO/c1-38-17-9-11-23-45(38)43-30-33-53-50(36-43)57(48-25-13-15-27-55(48)59-56-28-16-14-26-49(56)57)51-37-44(46-24-12-10-18-39(46)2)31-34-54(51)58(53)52-32-29-42(40-19-5-3-6-20-40)35-47(52)41-21-7-4-8-22-41/h3-37H,1-2H3. The number of rotatable bonds is 5. The minimum absolute atomic E-state index is 0.721. The lowest BCUT2D eigenvalue weighted by Gasteiger charge is -2.49. The average molecular weight is 756 g/mol. The molecular formula is C57H41NO. The van der Waals surface area contributed by atoms with Gasteiger partial charge in [0.05, 0.1) is 22.5 Å². The predicted octanol–water partition coefficient (Wildman–Crippen LogP) is 15.2. The first-order chi connectivity index (χ1) is 29.1. The lowest BCUT2D eigenvalue weighted by molar-refractivity contribution is 0.434. The first-order valence-electron chi connectivity index (χ1n) is 20.4. The van der Waals surface area contributed by atoms with Crippen LogP contribution in [-0.4, -0.2) is 0 Å². The third kappa shape index (κ3) is 5.48. The van der Waals surface area contributed by atoms with Gasteiger partial charge in [0.25, 0.3) is 0 Å². The van der Waals surface area contributed by atoms with E-state index in [1.54, 1.807) is 0 Å². The molecule has 59 heavy (non-hydrogen) atoms. The summed E-state index contributed by atoms with van der Waals surface area (Å²) in [6, 6.07) is 77.5. The third-order valence-corrected chi connectivity index (χ3v) is 12.4. The van der Waals surface area contributed by atoms with E-state index < -0.39 is 5.41 Å². The molecule has 2 heterocycles. The predicted molar refractivity (Wildman–Crippen MR) is 244 cm³/mol. The van der Waals surface area contributed by atoms with Crippen LogP contribution in [-0.2, 0) is 5.41 Å². The van der Waals surface area contributed by atoms with Crippen LogP contribution in [0.4, 0.5) is 17.1 Å². The van der Waals surface area contributed by atoms with E-state index in [2.05, 4.69) is 231 Å². The molecule has 9 aromatic carbocycles. The molecular weight excluding hydrogens is 715 g/mol. The van der Waals surface area contributed by atoms with Crippen LogP contribution >= 0.6 is 0 Å². The quantitative estimate of drug-likeness (QED) is 0.173. The Bertz CT molecular complexity index is 2910. The van der Waals surface area contributed by atoms with E-state index in [0.717, 1.165) is 39.7 Å². The number of hydrogen-bond donors (Lipinski definition) is 0. The zero-order chi connectivity index (χ0) is 39.5. The Morgan fingerprint density at radius 2 is 0.763 bits per heavy atom. The van der Waals surface area contributed by atoms with Crippen LogP contribution in [0.1, 0.15) is 33.4 Å². The van der Waals surface area contributed by atoms with Gasteiger partial charge in [-0.2, -0.15) is 0 Å². The van der Waals surface area contributed by atoms with E-state index in [1.807, 2.05) is 0 Å². The summed E-state index contributed by atoms with van der Waals surface area (Å²) in [5, 5.41) is 0. The molecule has 0 aliphatic carbocycles. The van der Waals surface area contributed by atoms with Crippen molar-refractivity contribution in [1.82, 2.24) is 0 Å². The summed E-state index contributed by atoms with van der Waals surface area (Å²) in [4.78, 5) is 2.52. The second-order valence-corrected chi connectivity index (χ2v) is 15.7. The number of fused-ring (bicyclic) bond motifs is 8. The number of hydrogen-bond acceptors (Lipinski definition) is 2. The molecule has 9 aromatic rings. The van der Waals surface area contributed by atoms with Crippen molar-refractivity contribution in [3.63, 3.8) is 0 Å². The minimum Gasteiger partial charge on any atom is -0.457 e. The molecule has 1 spiro atoms. The molecule has 0 saturated heterocycles. The van der Waals surface area contributed by atoms with Gasteiger partial charge in [-0.15, -0.1) is 0 Å². The van der Waals surface area contributed by atoms with Crippen molar-refractivity contribution in [2.75, 3.05) is 4.90 Å². The fraction of sp³-hybridized carbons (Fsp3) is 0.0526. The van der Waals surface area contributed by atoms with Crippen molar-refractivity contribution < 1.29 is 4.74 Å². The van der Waals surface area contributed by atoms with Gasteiger partial charge in [0.1, 0.15) is 11.5 Å². The number of nitrogens with zero attached hydrogens (tertiary/aromatic N) is 1. The molecule has 11 rings (SSSR count). The van der Waals surface area contributed by atoms with Gasteiger partial charge in [-0.3, -0.25) is 0 Å². The normalized spacial score (nSPS) is 13.2. The summed E-state index contributed by atoms with van der Waals surface area (Å²) in [6.07, 6.45) is 0. The minimum atomic E-state index is -0.721.